The third-order valence-corrected chi connectivity index (χ3v) is 5.52. The van der Waals surface area contributed by atoms with Gasteiger partial charge in [-0.3, -0.25) is 0 Å². The van der Waals surface area contributed by atoms with Crippen LogP contribution in [0.2, 0.25) is 0 Å². The van der Waals surface area contributed by atoms with Crippen molar-refractivity contribution in [3.8, 4) is 11.5 Å². The number of aromatic hydroxyl groups is 1. The highest BCUT2D eigenvalue weighted by Gasteiger charge is 2.29. The third kappa shape index (κ3) is 4.11. The molecule has 1 aliphatic rings. The predicted molar refractivity (Wildman–Crippen MR) is 75.6 cm³/mol. The van der Waals surface area contributed by atoms with Gasteiger partial charge < -0.3 is 14.9 Å². The molecule has 1 aliphatic heterocycles. The van der Waals surface area contributed by atoms with Gasteiger partial charge in [0, 0.05) is 12.5 Å². The van der Waals surface area contributed by atoms with Gasteiger partial charge in [-0.2, -0.15) is 0 Å². The Hall–Kier alpha value is -1.27. The second kappa shape index (κ2) is 6.45. The summed E-state index contributed by atoms with van der Waals surface area (Å²) in [7, 11) is -2.88. The molecule has 1 atom stereocenters. The molecule has 1 aromatic rings. The van der Waals surface area contributed by atoms with E-state index in [9.17, 15) is 18.6 Å². The maximum Gasteiger partial charge on any atom is 0.150 e. The van der Waals surface area contributed by atoms with E-state index in [4.69, 9.17) is 4.74 Å². The van der Waals surface area contributed by atoms with Crippen molar-refractivity contribution in [1.82, 2.24) is 0 Å². The van der Waals surface area contributed by atoms with Crippen LogP contribution in [0.4, 0.5) is 0 Å². The van der Waals surface area contributed by atoms with E-state index >= 15 is 0 Å². The van der Waals surface area contributed by atoms with Crippen LogP contribution in [0, 0.1) is 11.8 Å². The van der Waals surface area contributed by atoms with Crippen molar-refractivity contribution in [3.05, 3.63) is 24.3 Å². The van der Waals surface area contributed by atoms with Crippen molar-refractivity contribution in [2.24, 2.45) is 11.8 Å². The van der Waals surface area contributed by atoms with Crippen molar-refractivity contribution in [3.63, 3.8) is 0 Å². The van der Waals surface area contributed by atoms with Crippen molar-refractivity contribution >= 4 is 9.84 Å². The fourth-order valence-corrected chi connectivity index (χ4v) is 3.99. The predicted octanol–water partition coefficient (Wildman–Crippen LogP) is 1.20. The van der Waals surface area contributed by atoms with Gasteiger partial charge in [0.15, 0.2) is 0 Å². The first-order valence-corrected chi connectivity index (χ1v) is 8.55. The molecule has 1 fully saturated rings. The van der Waals surface area contributed by atoms with Crippen LogP contribution in [0.1, 0.15) is 12.8 Å². The number of hydrogen-bond acceptors (Lipinski definition) is 5. The minimum Gasteiger partial charge on any atom is -0.508 e. The summed E-state index contributed by atoms with van der Waals surface area (Å²) in [4.78, 5) is 0. The summed E-state index contributed by atoms with van der Waals surface area (Å²) in [5.41, 5.74) is 0. The fraction of sp³-hybridized carbons (Fsp3) is 0.571. The van der Waals surface area contributed by atoms with Gasteiger partial charge in [0.25, 0.3) is 0 Å². The monoisotopic (exact) mass is 300 g/mol. The molecule has 0 radical (unpaired) electrons. The van der Waals surface area contributed by atoms with Crippen LogP contribution in [-0.2, 0) is 9.84 Å². The first kappa shape index (κ1) is 15.1. The lowest BCUT2D eigenvalue weighted by molar-refractivity contribution is 0.112. The van der Waals surface area contributed by atoms with Crippen molar-refractivity contribution < 1.29 is 23.4 Å². The molecule has 0 spiro atoms. The summed E-state index contributed by atoms with van der Waals surface area (Å²) in [6.07, 6.45) is 1.18. The van der Waals surface area contributed by atoms with Gasteiger partial charge in [0.1, 0.15) is 21.3 Å². The Labute approximate surface area is 119 Å². The van der Waals surface area contributed by atoms with E-state index in [0.717, 1.165) is 0 Å². The fourth-order valence-electron chi connectivity index (χ4n) is 2.46. The number of aliphatic hydroxyl groups excluding tert-OH is 1. The molecule has 0 bridgehead atoms. The number of ether oxygens (including phenoxy) is 1. The Kier molecular flexibility index (Phi) is 4.88. The van der Waals surface area contributed by atoms with Crippen molar-refractivity contribution in [2.75, 3.05) is 24.7 Å². The van der Waals surface area contributed by atoms with Gasteiger partial charge in [0.2, 0.25) is 0 Å². The largest absolute Gasteiger partial charge is 0.508 e. The number of rotatable bonds is 5. The Balaban J connectivity index is 1.88. The van der Waals surface area contributed by atoms with Crippen LogP contribution < -0.4 is 4.74 Å². The van der Waals surface area contributed by atoms with Crippen LogP contribution in [0.3, 0.4) is 0 Å². The van der Waals surface area contributed by atoms with Crippen molar-refractivity contribution in [1.29, 1.82) is 0 Å². The quantitative estimate of drug-likeness (QED) is 0.854. The molecular weight excluding hydrogens is 280 g/mol. The average Bonchev–Trinajstić information content (AvgIpc) is 2.43. The second-order valence-electron chi connectivity index (χ2n) is 5.24. The molecule has 6 heteroatoms. The summed E-state index contributed by atoms with van der Waals surface area (Å²) < 4.78 is 28.4. The molecule has 0 amide bonds. The number of phenolic OH excluding ortho intramolecular Hbond substituents is 1. The Morgan fingerprint density at radius 1 is 1.20 bits per heavy atom. The molecule has 20 heavy (non-hydrogen) atoms. The van der Waals surface area contributed by atoms with E-state index < -0.39 is 9.84 Å². The number of hydrogen-bond donors (Lipinski definition) is 2. The number of phenols is 1. The zero-order valence-electron chi connectivity index (χ0n) is 11.2. The molecule has 1 saturated heterocycles. The topological polar surface area (TPSA) is 83.8 Å². The first-order valence-electron chi connectivity index (χ1n) is 6.73. The third-order valence-electron chi connectivity index (χ3n) is 3.80. The minimum atomic E-state index is -2.88. The van der Waals surface area contributed by atoms with Crippen LogP contribution >= 0.6 is 0 Å². The molecule has 1 heterocycles. The van der Waals surface area contributed by atoms with E-state index in [1.165, 1.54) is 12.1 Å². The highest BCUT2D eigenvalue weighted by molar-refractivity contribution is 7.91. The Morgan fingerprint density at radius 2 is 1.80 bits per heavy atom. The van der Waals surface area contributed by atoms with Crippen LogP contribution in [0.25, 0.3) is 0 Å². The summed E-state index contributed by atoms with van der Waals surface area (Å²) >= 11 is 0. The van der Waals surface area contributed by atoms with Crippen LogP contribution in [0.15, 0.2) is 24.3 Å². The van der Waals surface area contributed by atoms with Gasteiger partial charge in [-0.25, -0.2) is 8.42 Å². The lowest BCUT2D eigenvalue weighted by atomic mass is 9.88. The molecule has 5 nitrogen and oxygen atoms in total. The Morgan fingerprint density at radius 3 is 2.35 bits per heavy atom. The molecule has 1 unspecified atom stereocenters. The van der Waals surface area contributed by atoms with Gasteiger partial charge >= 0.3 is 0 Å². The second-order valence-corrected chi connectivity index (χ2v) is 7.54. The number of benzene rings is 1. The Bertz CT molecular complexity index is 509. The molecule has 1 aromatic carbocycles. The van der Waals surface area contributed by atoms with E-state index in [2.05, 4.69) is 0 Å². The molecule has 2 rings (SSSR count). The molecule has 2 N–H and O–H groups in total. The maximum absolute atomic E-state index is 11.4. The zero-order chi connectivity index (χ0) is 14.6. The van der Waals surface area contributed by atoms with E-state index in [-0.39, 0.29) is 35.7 Å². The van der Waals surface area contributed by atoms with Gasteiger partial charge in [-0.1, -0.05) is 0 Å². The summed E-state index contributed by atoms with van der Waals surface area (Å²) in [5.74, 6) is 1.33. The van der Waals surface area contributed by atoms with Crippen LogP contribution in [-0.4, -0.2) is 43.4 Å². The molecular formula is C14H20O5S. The van der Waals surface area contributed by atoms with Gasteiger partial charge in [-0.15, -0.1) is 0 Å². The molecule has 112 valence electrons. The van der Waals surface area contributed by atoms with E-state index in [1.54, 1.807) is 12.1 Å². The van der Waals surface area contributed by atoms with E-state index in [0.29, 0.717) is 25.2 Å². The average molecular weight is 300 g/mol. The normalized spacial score (nSPS) is 20.4. The highest BCUT2D eigenvalue weighted by atomic mass is 32.2. The molecule has 0 aromatic heterocycles. The number of aliphatic hydroxyl groups is 1. The first-order chi connectivity index (χ1) is 9.50. The van der Waals surface area contributed by atoms with Crippen molar-refractivity contribution in [2.45, 2.75) is 12.8 Å². The summed E-state index contributed by atoms with van der Waals surface area (Å²) in [6, 6.07) is 6.40. The lowest BCUT2D eigenvalue weighted by Gasteiger charge is -2.28. The minimum absolute atomic E-state index is 0.0111. The smallest absolute Gasteiger partial charge is 0.150 e. The number of sulfone groups is 1. The molecule has 0 aliphatic carbocycles. The lowest BCUT2D eigenvalue weighted by Crippen LogP contribution is -2.32. The van der Waals surface area contributed by atoms with Crippen LogP contribution in [0.5, 0.6) is 11.5 Å². The maximum atomic E-state index is 11.4. The zero-order valence-corrected chi connectivity index (χ0v) is 12.1. The summed E-state index contributed by atoms with van der Waals surface area (Å²) in [6.45, 7) is 0.342. The highest BCUT2D eigenvalue weighted by Crippen LogP contribution is 2.27. The van der Waals surface area contributed by atoms with E-state index in [1.807, 2.05) is 0 Å². The summed E-state index contributed by atoms with van der Waals surface area (Å²) in [5, 5.41) is 18.6. The SMILES string of the molecule is O=S1(=O)CCC(C(CO)COc2ccc(O)cc2)CC1. The van der Waals surface area contributed by atoms with Gasteiger partial charge in [0.05, 0.1) is 18.1 Å². The molecule has 0 saturated carbocycles. The van der Waals surface area contributed by atoms with Gasteiger partial charge in [-0.05, 0) is 43.0 Å². The standard InChI is InChI=1S/C14H20O5S/c15-9-12(11-5-7-20(17,18)8-6-11)10-19-14-3-1-13(16)2-4-14/h1-4,11-12,15-16H,5-10H2.